The van der Waals surface area contributed by atoms with Gasteiger partial charge >= 0.3 is 0 Å². The van der Waals surface area contributed by atoms with Crippen LogP contribution in [0.1, 0.15) is 51.2 Å². The highest BCUT2D eigenvalue weighted by atomic mass is 32.1. The van der Waals surface area contributed by atoms with E-state index in [9.17, 15) is 19.2 Å². The fraction of sp³-hybridized carbons (Fsp3) is 0.250. The first kappa shape index (κ1) is 15.2. The first-order valence-electron chi connectivity index (χ1n) is 7.17. The lowest BCUT2D eigenvalue weighted by molar-refractivity contribution is 0.0677. The van der Waals surface area contributed by atoms with Crippen LogP contribution in [0.2, 0.25) is 0 Å². The van der Waals surface area contributed by atoms with E-state index in [1.807, 2.05) is 0 Å². The summed E-state index contributed by atoms with van der Waals surface area (Å²) in [5.74, 6) is -1.36. The van der Waals surface area contributed by atoms with E-state index in [1.54, 1.807) is 13.8 Å². The lowest BCUT2D eigenvalue weighted by atomic mass is 10.1. The summed E-state index contributed by atoms with van der Waals surface area (Å²) in [6.07, 6.45) is 0. The van der Waals surface area contributed by atoms with E-state index in [4.69, 9.17) is 0 Å². The summed E-state index contributed by atoms with van der Waals surface area (Å²) in [7, 11) is 2.90. The molecule has 8 heteroatoms. The largest absolute Gasteiger partial charge is 0.277 e. The van der Waals surface area contributed by atoms with Gasteiger partial charge in [-0.2, -0.15) is 0 Å². The van der Waals surface area contributed by atoms with Crippen LogP contribution >= 0.6 is 22.7 Å². The molecule has 0 saturated heterocycles. The molecule has 2 aromatic rings. The summed E-state index contributed by atoms with van der Waals surface area (Å²) in [5.41, 5.74) is 1.52. The Balaban J connectivity index is 2.03. The van der Waals surface area contributed by atoms with E-state index in [0.29, 0.717) is 32.0 Å². The normalized spacial score (nSPS) is 16.5. The molecule has 0 saturated carbocycles. The van der Waals surface area contributed by atoms with Gasteiger partial charge in [0.05, 0.1) is 32.0 Å². The Morgan fingerprint density at radius 2 is 0.875 bits per heavy atom. The number of amides is 4. The molecule has 24 heavy (non-hydrogen) atoms. The minimum Gasteiger partial charge on any atom is -0.277 e. The lowest BCUT2D eigenvalue weighted by Gasteiger charge is -2.07. The molecule has 6 nitrogen and oxygen atoms in total. The van der Waals surface area contributed by atoms with Crippen molar-refractivity contribution in [3.8, 4) is 9.75 Å². The zero-order valence-electron chi connectivity index (χ0n) is 13.3. The lowest BCUT2D eigenvalue weighted by Crippen LogP contribution is -2.25. The second-order valence-corrected chi connectivity index (χ2v) is 8.26. The third kappa shape index (κ3) is 1.59. The number of hydrogen-bond acceptors (Lipinski definition) is 6. The van der Waals surface area contributed by atoms with E-state index >= 15 is 0 Å². The summed E-state index contributed by atoms with van der Waals surface area (Å²) in [4.78, 5) is 54.4. The molecule has 4 amide bonds. The van der Waals surface area contributed by atoms with Crippen molar-refractivity contribution in [1.29, 1.82) is 0 Å². The Morgan fingerprint density at radius 3 is 1.21 bits per heavy atom. The van der Waals surface area contributed by atoms with Gasteiger partial charge in [-0.1, -0.05) is 0 Å². The van der Waals surface area contributed by atoms with Crippen molar-refractivity contribution < 1.29 is 19.2 Å². The first-order chi connectivity index (χ1) is 11.3. The van der Waals surface area contributed by atoms with Gasteiger partial charge in [0.1, 0.15) is 0 Å². The molecule has 0 bridgehead atoms. The predicted molar refractivity (Wildman–Crippen MR) is 90.0 cm³/mol. The summed E-state index contributed by atoms with van der Waals surface area (Å²) >= 11 is 2.65. The molecule has 122 valence electrons. The molecule has 0 aliphatic carbocycles. The average molecular weight is 360 g/mol. The van der Waals surface area contributed by atoms with Gasteiger partial charge in [-0.15, -0.1) is 22.7 Å². The Labute approximate surface area is 145 Å². The Hall–Kier alpha value is -2.32. The molecule has 0 unspecified atom stereocenters. The SMILES string of the molecule is Cc1sc(-c2sc(C)c3c2C(=O)N(C)C3=O)c2c1C(=O)N(C)C2=O. The number of imide groups is 2. The number of nitrogens with zero attached hydrogens (tertiary/aromatic N) is 2. The second kappa shape index (κ2) is 4.61. The van der Waals surface area contributed by atoms with Crippen molar-refractivity contribution in [2.75, 3.05) is 14.1 Å². The Kier molecular flexibility index (Phi) is 2.92. The highest BCUT2D eigenvalue weighted by Crippen LogP contribution is 2.48. The summed E-state index contributed by atoms with van der Waals surface area (Å²) in [6, 6.07) is 0. The van der Waals surface area contributed by atoms with Crippen LogP contribution in [0.25, 0.3) is 9.75 Å². The van der Waals surface area contributed by atoms with Crippen molar-refractivity contribution in [2.45, 2.75) is 13.8 Å². The van der Waals surface area contributed by atoms with Crippen LogP contribution in [0.15, 0.2) is 0 Å². The van der Waals surface area contributed by atoms with Crippen LogP contribution < -0.4 is 0 Å². The maximum absolute atomic E-state index is 12.5. The Morgan fingerprint density at radius 1 is 0.583 bits per heavy atom. The highest BCUT2D eigenvalue weighted by molar-refractivity contribution is 7.23. The van der Waals surface area contributed by atoms with Gasteiger partial charge in [0.15, 0.2) is 0 Å². The second-order valence-electron chi connectivity index (χ2n) is 5.81. The van der Waals surface area contributed by atoms with Crippen molar-refractivity contribution in [3.05, 3.63) is 32.0 Å². The minimum absolute atomic E-state index is 0.320. The first-order valence-corrected chi connectivity index (χ1v) is 8.80. The third-order valence-corrected chi connectivity index (χ3v) is 6.82. The number of aryl methyl sites for hydroxylation is 2. The molecule has 2 aliphatic rings. The van der Waals surface area contributed by atoms with Gasteiger partial charge in [-0.05, 0) is 13.8 Å². The molecule has 0 radical (unpaired) electrons. The van der Waals surface area contributed by atoms with Gasteiger partial charge in [0.25, 0.3) is 23.6 Å². The zero-order chi connectivity index (χ0) is 17.5. The number of fused-ring (bicyclic) bond motifs is 2. The van der Waals surface area contributed by atoms with Crippen LogP contribution in [0.3, 0.4) is 0 Å². The van der Waals surface area contributed by atoms with Crippen LogP contribution in [0.4, 0.5) is 0 Å². The maximum Gasteiger partial charge on any atom is 0.262 e. The topological polar surface area (TPSA) is 74.8 Å². The fourth-order valence-corrected chi connectivity index (χ4v) is 5.61. The number of hydrogen-bond donors (Lipinski definition) is 0. The van der Waals surface area contributed by atoms with Crippen LogP contribution in [0.5, 0.6) is 0 Å². The van der Waals surface area contributed by atoms with Crippen molar-refractivity contribution >= 4 is 46.3 Å². The van der Waals surface area contributed by atoms with E-state index in [1.165, 1.54) is 36.8 Å². The summed E-state index contributed by atoms with van der Waals surface area (Å²) < 4.78 is 0. The summed E-state index contributed by atoms with van der Waals surface area (Å²) in [6.45, 7) is 3.58. The highest BCUT2D eigenvalue weighted by Gasteiger charge is 2.43. The van der Waals surface area contributed by atoms with E-state index < -0.39 is 0 Å². The maximum atomic E-state index is 12.5. The van der Waals surface area contributed by atoms with E-state index in [2.05, 4.69) is 0 Å². The van der Waals surface area contributed by atoms with Crippen LogP contribution in [0, 0.1) is 13.8 Å². The zero-order valence-corrected chi connectivity index (χ0v) is 15.0. The Bertz CT molecular complexity index is 918. The number of carbonyl (C=O) groups excluding carboxylic acids is 4. The quantitative estimate of drug-likeness (QED) is 0.733. The van der Waals surface area contributed by atoms with Crippen LogP contribution in [-0.2, 0) is 0 Å². The minimum atomic E-state index is -0.362. The van der Waals surface area contributed by atoms with E-state index in [0.717, 1.165) is 19.6 Å². The van der Waals surface area contributed by atoms with Gasteiger partial charge in [-0.25, -0.2) is 0 Å². The average Bonchev–Trinajstić information content (AvgIpc) is 3.19. The smallest absolute Gasteiger partial charge is 0.262 e. The van der Waals surface area contributed by atoms with Crippen molar-refractivity contribution in [2.24, 2.45) is 0 Å². The van der Waals surface area contributed by atoms with Gasteiger partial charge < -0.3 is 0 Å². The van der Waals surface area contributed by atoms with E-state index in [-0.39, 0.29) is 23.6 Å². The molecule has 0 atom stereocenters. The monoisotopic (exact) mass is 360 g/mol. The number of carbonyl (C=O) groups is 4. The molecular formula is C16H12N2O4S2. The van der Waals surface area contributed by atoms with Gasteiger partial charge in [-0.3, -0.25) is 29.0 Å². The molecule has 2 aromatic heterocycles. The van der Waals surface area contributed by atoms with Crippen LogP contribution in [-0.4, -0.2) is 47.5 Å². The van der Waals surface area contributed by atoms with Crippen molar-refractivity contribution in [1.82, 2.24) is 9.80 Å². The molecule has 0 aromatic carbocycles. The van der Waals surface area contributed by atoms with Crippen molar-refractivity contribution in [3.63, 3.8) is 0 Å². The standard InChI is InChI=1S/C16H12N2O4S2/c1-5-7-9(15(21)17(3)13(7)19)11(23-5)12-10-8(6(2)24-12)14(20)18(4)16(10)22/h1-4H3. The molecule has 4 rings (SSSR count). The fourth-order valence-electron chi connectivity index (χ4n) is 3.19. The predicted octanol–water partition coefficient (Wildman–Crippen LogP) is 2.55. The molecule has 0 fully saturated rings. The molecule has 0 N–H and O–H groups in total. The molecule has 0 spiro atoms. The molecule has 4 heterocycles. The summed E-state index contributed by atoms with van der Waals surface area (Å²) in [5, 5.41) is 0. The number of thiophene rings is 2. The third-order valence-electron chi connectivity index (χ3n) is 4.45. The van der Waals surface area contributed by atoms with Gasteiger partial charge in [0, 0.05) is 23.8 Å². The molecular weight excluding hydrogens is 348 g/mol. The number of rotatable bonds is 1. The van der Waals surface area contributed by atoms with Gasteiger partial charge in [0.2, 0.25) is 0 Å². The molecule has 2 aliphatic heterocycles.